The standard InChI is InChI=1S/C28H28N4O3/c33-22-11-7-10-21-24(22)23(18-12-14-20(15-13-18)35-19-8-3-1-4-9-19)25-26(29-21)30-28(31-27(25)34)32-16-5-2-6-17-32/h1,3-4,8-9,12-15,23H,2,5-7,10-11,16-17H2,(H2,29,30,31,34)/t23-/m1/s1. The Morgan fingerprint density at radius 3 is 2.37 bits per heavy atom. The van der Waals surface area contributed by atoms with E-state index in [1.54, 1.807) is 0 Å². The van der Waals surface area contributed by atoms with Gasteiger partial charge in [0.25, 0.3) is 5.56 Å². The van der Waals surface area contributed by atoms with Crippen LogP contribution in [0.15, 0.2) is 70.7 Å². The first-order valence-electron chi connectivity index (χ1n) is 12.4. The molecule has 2 aliphatic heterocycles. The maximum atomic E-state index is 13.5. The number of hydrogen-bond acceptors (Lipinski definition) is 6. The van der Waals surface area contributed by atoms with Gasteiger partial charge in [-0.2, -0.15) is 4.98 Å². The van der Waals surface area contributed by atoms with Crippen LogP contribution in [0.4, 0.5) is 11.8 Å². The third-order valence-corrected chi connectivity index (χ3v) is 7.09. The number of piperidine rings is 1. The summed E-state index contributed by atoms with van der Waals surface area (Å²) in [6.45, 7) is 1.78. The fraction of sp³-hybridized carbons (Fsp3) is 0.321. The van der Waals surface area contributed by atoms with Crippen molar-refractivity contribution < 1.29 is 9.53 Å². The largest absolute Gasteiger partial charge is 0.457 e. The number of rotatable bonds is 4. The summed E-state index contributed by atoms with van der Waals surface area (Å²) in [6, 6.07) is 17.3. The van der Waals surface area contributed by atoms with Crippen LogP contribution in [0, 0.1) is 0 Å². The first-order chi connectivity index (χ1) is 17.2. The quantitative estimate of drug-likeness (QED) is 0.553. The number of H-pyrrole nitrogens is 1. The molecule has 0 saturated carbocycles. The first-order valence-corrected chi connectivity index (χ1v) is 12.4. The summed E-state index contributed by atoms with van der Waals surface area (Å²) in [5.74, 6) is 2.27. The molecule has 1 fully saturated rings. The maximum Gasteiger partial charge on any atom is 0.258 e. The second-order valence-electron chi connectivity index (χ2n) is 9.41. The Morgan fingerprint density at radius 2 is 1.60 bits per heavy atom. The zero-order chi connectivity index (χ0) is 23.8. The predicted molar refractivity (Wildman–Crippen MR) is 135 cm³/mol. The van der Waals surface area contributed by atoms with Gasteiger partial charge in [0.2, 0.25) is 5.95 Å². The zero-order valence-electron chi connectivity index (χ0n) is 19.5. The molecule has 178 valence electrons. The van der Waals surface area contributed by atoms with Gasteiger partial charge in [0.1, 0.15) is 17.3 Å². The van der Waals surface area contributed by atoms with Gasteiger partial charge in [0.05, 0.1) is 5.56 Å². The van der Waals surface area contributed by atoms with Crippen LogP contribution >= 0.6 is 0 Å². The lowest BCUT2D eigenvalue weighted by Crippen LogP contribution is -2.36. The van der Waals surface area contributed by atoms with Crippen LogP contribution in [0.25, 0.3) is 0 Å². The van der Waals surface area contributed by atoms with Crippen molar-refractivity contribution in [3.63, 3.8) is 0 Å². The molecule has 3 aromatic rings. The summed E-state index contributed by atoms with van der Waals surface area (Å²) in [5, 5.41) is 3.37. The van der Waals surface area contributed by atoms with Crippen LogP contribution < -0.4 is 20.5 Å². The molecule has 1 aromatic heterocycles. The second-order valence-corrected chi connectivity index (χ2v) is 9.41. The van der Waals surface area contributed by atoms with E-state index in [-0.39, 0.29) is 11.3 Å². The summed E-state index contributed by atoms with van der Waals surface area (Å²) >= 11 is 0. The maximum absolute atomic E-state index is 13.5. The van der Waals surface area contributed by atoms with E-state index in [2.05, 4.69) is 15.2 Å². The average molecular weight is 469 g/mol. The number of anilines is 2. The van der Waals surface area contributed by atoms with E-state index >= 15 is 0 Å². The zero-order valence-corrected chi connectivity index (χ0v) is 19.5. The van der Waals surface area contributed by atoms with E-state index in [1.807, 2.05) is 54.6 Å². The minimum atomic E-state index is -0.452. The van der Waals surface area contributed by atoms with Crippen molar-refractivity contribution in [3.8, 4) is 11.5 Å². The van der Waals surface area contributed by atoms with Crippen LogP contribution in [-0.4, -0.2) is 28.8 Å². The number of hydrogen-bond donors (Lipinski definition) is 2. The van der Waals surface area contributed by atoms with Crippen molar-refractivity contribution in [2.24, 2.45) is 0 Å². The number of ketones is 1. The topological polar surface area (TPSA) is 87.3 Å². The monoisotopic (exact) mass is 468 g/mol. The number of carbonyl (C=O) groups is 1. The number of ether oxygens (including phenoxy) is 1. The van der Waals surface area contributed by atoms with Gasteiger partial charge in [-0.1, -0.05) is 30.3 Å². The molecule has 1 atom stereocenters. The van der Waals surface area contributed by atoms with Crippen molar-refractivity contribution in [2.45, 2.75) is 44.4 Å². The highest BCUT2D eigenvalue weighted by Gasteiger charge is 2.38. The summed E-state index contributed by atoms with van der Waals surface area (Å²) in [5.41, 5.74) is 2.79. The molecule has 0 spiro atoms. The number of fused-ring (bicyclic) bond motifs is 1. The number of Topliss-reactive ketones (excluding diaryl/α,β-unsaturated/α-hetero) is 1. The van der Waals surface area contributed by atoms with E-state index < -0.39 is 5.92 Å². The second kappa shape index (κ2) is 9.06. The lowest BCUT2D eigenvalue weighted by Gasteiger charge is -2.34. The Labute approximate surface area is 203 Å². The molecule has 0 bridgehead atoms. The van der Waals surface area contributed by atoms with E-state index in [0.717, 1.165) is 55.8 Å². The fourth-order valence-electron chi connectivity index (χ4n) is 5.39. The molecular weight excluding hydrogens is 440 g/mol. The van der Waals surface area contributed by atoms with Crippen LogP contribution in [0.1, 0.15) is 55.6 Å². The predicted octanol–water partition coefficient (Wildman–Crippen LogP) is 5.12. The van der Waals surface area contributed by atoms with E-state index in [9.17, 15) is 9.59 Å². The molecule has 7 nitrogen and oxygen atoms in total. The lowest BCUT2D eigenvalue weighted by atomic mass is 9.76. The summed E-state index contributed by atoms with van der Waals surface area (Å²) in [7, 11) is 0. The molecule has 35 heavy (non-hydrogen) atoms. The SMILES string of the molecule is O=C1CCCC2=C1[C@@H](c1ccc(Oc3ccccc3)cc1)c1c(nc(N3CCCCC3)[nH]c1=O)N2. The Bertz CT molecular complexity index is 1340. The Morgan fingerprint density at radius 1 is 0.857 bits per heavy atom. The molecule has 0 unspecified atom stereocenters. The summed E-state index contributed by atoms with van der Waals surface area (Å²) in [4.78, 5) is 36.6. The lowest BCUT2D eigenvalue weighted by molar-refractivity contribution is -0.116. The van der Waals surface area contributed by atoms with Crippen molar-refractivity contribution in [2.75, 3.05) is 23.3 Å². The molecule has 2 aromatic carbocycles. The fourth-order valence-corrected chi connectivity index (χ4v) is 5.39. The van der Waals surface area contributed by atoms with E-state index in [1.165, 1.54) is 6.42 Å². The molecule has 0 amide bonds. The highest BCUT2D eigenvalue weighted by Crippen LogP contribution is 2.44. The van der Waals surface area contributed by atoms with Crippen molar-refractivity contribution >= 4 is 17.5 Å². The Balaban J connectivity index is 1.40. The van der Waals surface area contributed by atoms with Crippen LogP contribution in [-0.2, 0) is 4.79 Å². The smallest absolute Gasteiger partial charge is 0.258 e. The molecule has 0 radical (unpaired) electrons. The molecule has 7 heteroatoms. The number of benzene rings is 2. The van der Waals surface area contributed by atoms with Crippen LogP contribution in [0.3, 0.4) is 0 Å². The third kappa shape index (κ3) is 4.11. The number of allylic oxidation sites excluding steroid dienone is 2. The molecule has 3 aliphatic rings. The van der Waals surface area contributed by atoms with Gasteiger partial charge in [0.15, 0.2) is 5.78 Å². The molecule has 3 heterocycles. The Hall–Kier alpha value is -3.87. The van der Waals surface area contributed by atoms with Gasteiger partial charge in [-0.15, -0.1) is 0 Å². The van der Waals surface area contributed by atoms with E-state index in [0.29, 0.717) is 35.1 Å². The summed E-state index contributed by atoms with van der Waals surface area (Å²) in [6.07, 6.45) is 5.47. The van der Waals surface area contributed by atoms with Gasteiger partial charge in [-0.25, -0.2) is 0 Å². The number of aromatic amines is 1. The normalized spacial score (nSPS) is 19.6. The van der Waals surface area contributed by atoms with Crippen LogP contribution in [0.5, 0.6) is 11.5 Å². The molecular formula is C28H28N4O3. The average Bonchev–Trinajstić information content (AvgIpc) is 2.89. The summed E-state index contributed by atoms with van der Waals surface area (Å²) < 4.78 is 5.95. The minimum Gasteiger partial charge on any atom is -0.457 e. The van der Waals surface area contributed by atoms with Crippen molar-refractivity contribution in [1.29, 1.82) is 0 Å². The third-order valence-electron chi connectivity index (χ3n) is 7.09. The highest BCUT2D eigenvalue weighted by atomic mass is 16.5. The highest BCUT2D eigenvalue weighted by molar-refractivity contribution is 6.00. The van der Waals surface area contributed by atoms with Gasteiger partial charge < -0.3 is 15.0 Å². The minimum absolute atomic E-state index is 0.0959. The van der Waals surface area contributed by atoms with Gasteiger partial charge in [0, 0.05) is 36.7 Å². The van der Waals surface area contributed by atoms with Gasteiger partial charge in [-0.3, -0.25) is 14.6 Å². The van der Waals surface area contributed by atoms with Crippen molar-refractivity contribution in [1.82, 2.24) is 9.97 Å². The molecule has 1 aliphatic carbocycles. The van der Waals surface area contributed by atoms with E-state index in [4.69, 9.17) is 9.72 Å². The number of nitrogens with one attached hydrogen (secondary N) is 2. The molecule has 2 N–H and O–H groups in total. The van der Waals surface area contributed by atoms with Crippen LogP contribution in [0.2, 0.25) is 0 Å². The number of para-hydroxylation sites is 1. The Kier molecular flexibility index (Phi) is 5.60. The number of nitrogens with zero attached hydrogens (tertiary/aromatic N) is 2. The first kappa shape index (κ1) is 21.6. The van der Waals surface area contributed by atoms with Gasteiger partial charge in [-0.05, 0) is 61.9 Å². The molecule has 1 saturated heterocycles. The van der Waals surface area contributed by atoms with Gasteiger partial charge >= 0.3 is 0 Å². The van der Waals surface area contributed by atoms with Crippen molar-refractivity contribution in [3.05, 3.63) is 87.3 Å². The number of aromatic nitrogens is 2. The molecule has 6 rings (SSSR count). The number of carbonyl (C=O) groups excluding carboxylic acids is 1.